The Morgan fingerprint density at radius 2 is 2.17 bits per heavy atom. The maximum absolute atomic E-state index is 10.8. The number of hydrogen-bond acceptors (Lipinski definition) is 5. The molecule has 0 unspecified atom stereocenters. The summed E-state index contributed by atoms with van der Waals surface area (Å²) in [4.78, 5) is 0. The number of rotatable bonds is 8. The molecule has 6 nitrogen and oxygen atoms in total. The Kier molecular flexibility index (Phi) is 6.26. The molecule has 0 radical (unpaired) electrons. The van der Waals surface area contributed by atoms with E-state index in [4.69, 9.17) is 20.8 Å². The molecule has 132 valence electrons. The zero-order valence-electron chi connectivity index (χ0n) is 13.6. The first-order chi connectivity index (χ1) is 11.3. The fourth-order valence-electron chi connectivity index (χ4n) is 2.38. The molecule has 1 aromatic carbocycles. The number of aromatic nitrogens is 1. The fraction of sp³-hybridized carbons (Fsp3) is 0.438. The van der Waals surface area contributed by atoms with Gasteiger partial charge < -0.3 is 13.7 Å². The number of nitrogens with zero attached hydrogens (tertiary/aromatic N) is 1. The monoisotopic (exact) mass is 373 g/mol. The summed E-state index contributed by atoms with van der Waals surface area (Å²) in [5, 5.41) is 0.546. The molecular weight excluding hydrogens is 354 g/mol. The Balaban J connectivity index is 2.43. The molecule has 0 bridgehead atoms. The summed E-state index contributed by atoms with van der Waals surface area (Å²) in [7, 11) is -4.25. The molecule has 0 aliphatic rings. The van der Waals surface area contributed by atoms with Gasteiger partial charge in [-0.2, -0.15) is 4.57 Å². The Bertz CT molecular complexity index is 842. The van der Waals surface area contributed by atoms with Crippen LogP contribution in [0.15, 0.2) is 28.4 Å². The third-order valence-corrected chi connectivity index (χ3v) is 4.45. The van der Waals surface area contributed by atoms with Gasteiger partial charge >= 0.3 is 5.89 Å². The van der Waals surface area contributed by atoms with Crippen LogP contribution in [0.1, 0.15) is 32.6 Å². The third-order valence-electron chi connectivity index (χ3n) is 3.43. The van der Waals surface area contributed by atoms with Crippen LogP contribution in [0.3, 0.4) is 0 Å². The van der Waals surface area contributed by atoms with Gasteiger partial charge in [0.25, 0.3) is 5.52 Å². The van der Waals surface area contributed by atoms with Crippen molar-refractivity contribution in [2.24, 2.45) is 0 Å². The maximum Gasteiger partial charge on any atom is 0.377 e. The molecule has 0 amide bonds. The van der Waals surface area contributed by atoms with Crippen molar-refractivity contribution in [2.45, 2.75) is 33.2 Å². The first-order valence-corrected chi connectivity index (χ1v) is 9.68. The van der Waals surface area contributed by atoms with Crippen molar-refractivity contribution in [3.05, 3.63) is 34.9 Å². The van der Waals surface area contributed by atoms with Crippen molar-refractivity contribution in [1.29, 1.82) is 0 Å². The highest BCUT2D eigenvalue weighted by Crippen LogP contribution is 2.21. The molecule has 1 aromatic heterocycles. The molecule has 2 aromatic rings. The van der Waals surface area contributed by atoms with E-state index in [1.807, 2.05) is 13.8 Å². The second kappa shape index (κ2) is 8.00. The number of aryl methyl sites for hydroxylation is 1. The summed E-state index contributed by atoms with van der Waals surface area (Å²) in [5.74, 6) is 0.858. The first kappa shape index (κ1) is 18.8. The van der Waals surface area contributed by atoms with E-state index >= 15 is 0 Å². The lowest BCUT2D eigenvalue weighted by molar-refractivity contribution is -0.677. The highest BCUT2D eigenvalue weighted by molar-refractivity contribution is 7.85. The highest BCUT2D eigenvalue weighted by Gasteiger charge is 2.22. The zero-order valence-corrected chi connectivity index (χ0v) is 15.2. The van der Waals surface area contributed by atoms with Crippen molar-refractivity contribution in [1.82, 2.24) is 0 Å². The van der Waals surface area contributed by atoms with E-state index < -0.39 is 15.9 Å². The quantitative estimate of drug-likeness (QED) is 0.403. The van der Waals surface area contributed by atoms with Gasteiger partial charge in [-0.25, -0.2) is 8.42 Å². The number of allylic oxidation sites excluding steroid dienone is 1. The molecule has 8 heteroatoms. The van der Waals surface area contributed by atoms with E-state index in [0.29, 0.717) is 36.1 Å². The van der Waals surface area contributed by atoms with Gasteiger partial charge in [-0.15, -0.1) is 0 Å². The number of hydrogen-bond donors (Lipinski definition) is 0. The molecule has 0 spiro atoms. The molecule has 0 saturated heterocycles. The Morgan fingerprint density at radius 1 is 1.42 bits per heavy atom. The van der Waals surface area contributed by atoms with Gasteiger partial charge in [-0.1, -0.05) is 18.5 Å². The van der Waals surface area contributed by atoms with Crippen LogP contribution in [0, 0.1) is 0 Å². The first-order valence-electron chi connectivity index (χ1n) is 7.73. The standard InChI is InChI=1S/C16H20ClNO5S/c1-3-13(22-4-2)11-16-18(8-5-9-24(19,20)21)14-10-12(17)6-7-15(14)23-16/h6-7,10-11H,3-5,8-9H2,1-2H3. The molecule has 1 heterocycles. The lowest BCUT2D eigenvalue weighted by atomic mass is 10.3. The lowest BCUT2D eigenvalue weighted by Crippen LogP contribution is -2.36. The minimum absolute atomic E-state index is 0.189. The van der Waals surface area contributed by atoms with Gasteiger partial charge in [0.15, 0.2) is 6.54 Å². The summed E-state index contributed by atoms with van der Waals surface area (Å²) in [6, 6.07) is 5.22. The highest BCUT2D eigenvalue weighted by atomic mass is 35.5. The lowest BCUT2D eigenvalue weighted by Gasteiger charge is -2.05. The molecule has 0 aliphatic heterocycles. The second-order valence-corrected chi connectivity index (χ2v) is 7.18. The summed E-state index contributed by atoms with van der Waals surface area (Å²) < 4.78 is 45.7. The SMILES string of the molecule is CCOC(=Cc1oc2ccc(Cl)cc2[n+]1CCCS(=O)(=O)[O-])CC. The van der Waals surface area contributed by atoms with Gasteiger partial charge in [0.1, 0.15) is 5.76 Å². The van der Waals surface area contributed by atoms with Crippen LogP contribution in [-0.4, -0.2) is 25.3 Å². The topological polar surface area (TPSA) is 83.5 Å². The van der Waals surface area contributed by atoms with Gasteiger partial charge in [-0.3, -0.25) is 0 Å². The van der Waals surface area contributed by atoms with Crippen LogP contribution in [0.4, 0.5) is 0 Å². The summed E-state index contributed by atoms with van der Waals surface area (Å²) in [5.41, 5.74) is 1.37. The number of fused-ring (bicyclic) bond motifs is 1. The van der Waals surface area contributed by atoms with Crippen molar-refractivity contribution >= 4 is 38.9 Å². The molecule has 0 N–H and O–H groups in total. The zero-order chi connectivity index (χ0) is 17.7. The van der Waals surface area contributed by atoms with E-state index in [0.717, 1.165) is 11.3 Å². The average molecular weight is 374 g/mol. The van der Waals surface area contributed by atoms with Gasteiger partial charge in [-0.05, 0) is 19.1 Å². The van der Waals surface area contributed by atoms with Gasteiger partial charge in [0, 0.05) is 29.7 Å². The van der Waals surface area contributed by atoms with Crippen LogP contribution in [0.2, 0.25) is 5.02 Å². The third kappa shape index (κ3) is 4.96. The van der Waals surface area contributed by atoms with E-state index in [2.05, 4.69) is 0 Å². The normalized spacial score (nSPS) is 12.8. The van der Waals surface area contributed by atoms with Crippen molar-refractivity contribution in [2.75, 3.05) is 12.4 Å². The number of oxazole rings is 1. The van der Waals surface area contributed by atoms with Crippen LogP contribution in [-0.2, 0) is 21.4 Å². The minimum atomic E-state index is -4.25. The molecule has 0 aliphatic carbocycles. The molecule has 0 atom stereocenters. The van der Waals surface area contributed by atoms with E-state index in [-0.39, 0.29) is 6.42 Å². The predicted octanol–water partition coefficient (Wildman–Crippen LogP) is 3.10. The Hall–Kier alpha value is -1.57. The smallest absolute Gasteiger partial charge is 0.377 e. The van der Waals surface area contributed by atoms with Gasteiger partial charge in [0.05, 0.1) is 22.8 Å². The summed E-state index contributed by atoms with van der Waals surface area (Å²) in [6.45, 7) is 4.73. The summed E-state index contributed by atoms with van der Waals surface area (Å²) >= 11 is 6.05. The molecular formula is C16H20ClNO5S. The van der Waals surface area contributed by atoms with Crippen molar-refractivity contribution in [3.8, 4) is 0 Å². The van der Waals surface area contributed by atoms with Crippen LogP contribution >= 0.6 is 11.6 Å². The van der Waals surface area contributed by atoms with E-state index in [1.54, 1.807) is 28.8 Å². The van der Waals surface area contributed by atoms with E-state index in [9.17, 15) is 13.0 Å². The second-order valence-electron chi connectivity index (χ2n) is 5.22. The average Bonchev–Trinajstić information content (AvgIpc) is 2.83. The Labute approximate surface area is 146 Å². The van der Waals surface area contributed by atoms with Gasteiger partial charge in [0.2, 0.25) is 5.58 Å². The van der Waals surface area contributed by atoms with Crippen LogP contribution in [0.25, 0.3) is 17.2 Å². The number of halogens is 1. The minimum Gasteiger partial charge on any atom is -0.748 e. The Morgan fingerprint density at radius 3 is 2.79 bits per heavy atom. The molecule has 2 rings (SSSR count). The van der Waals surface area contributed by atoms with Crippen molar-refractivity contribution < 1.29 is 26.7 Å². The molecule has 0 saturated carbocycles. The molecule has 24 heavy (non-hydrogen) atoms. The van der Waals surface area contributed by atoms with Crippen LogP contribution < -0.4 is 4.57 Å². The largest absolute Gasteiger partial charge is 0.748 e. The summed E-state index contributed by atoms with van der Waals surface area (Å²) in [6.07, 6.45) is 2.66. The fourth-order valence-corrected chi connectivity index (χ4v) is 3.03. The predicted molar refractivity (Wildman–Crippen MR) is 90.5 cm³/mol. The number of ether oxygens (including phenoxy) is 1. The molecule has 0 fully saturated rings. The maximum atomic E-state index is 10.8. The van der Waals surface area contributed by atoms with Crippen molar-refractivity contribution in [3.63, 3.8) is 0 Å². The van der Waals surface area contributed by atoms with E-state index in [1.165, 1.54) is 0 Å². The van der Waals surface area contributed by atoms with Crippen LogP contribution in [0.5, 0.6) is 0 Å². The number of benzene rings is 1.